The van der Waals surface area contributed by atoms with Gasteiger partial charge in [0.05, 0.1) is 0 Å². The number of rotatable bonds is 5. The second kappa shape index (κ2) is 6.76. The van der Waals surface area contributed by atoms with Crippen molar-refractivity contribution in [3.8, 4) is 0 Å². The van der Waals surface area contributed by atoms with Crippen molar-refractivity contribution in [1.82, 2.24) is 5.32 Å². The first-order valence-electron chi connectivity index (χ1n) is 8.33. The highest BCUT2D eigenvalue weighted by Gasteiger charge is 2.30. The molecule has 3 unspecified atom stereocenters. The second-order valence-corrected chi connectivity index (χ2v) is 6.82. The van der Waals surface area contributed by atoms with Gasteiger partial charge in [0.15, 0.2) is 0 Å². The topological polar surface area (TPSA) is 12.0 Å². The van der Waals surface area contributed by atoms with E-state index < -0.39 is 0 Å². The molecule has 1 aliphatic rings. The Morgan fingerprint density at radius 1 is 1.15 bits per heavy atom. The second-order valence-electron chi connectivity index (χ2n) is 6.82. The molecule has 1 aromatic rings. The summed E-state index contributed by atoms with van der Waals surface area (Å²) in [5.41, 5.74) is 5.89. The first-order chi connectivity index (χ1) is 9.52. The third-order valence-corrected chi connectivity index (χ3v) is 5.18. The molecule has 1 aliphatic carbocycles. The van der Waals surface area contributed by atoms with Crippen LogP contribution in [-0.4, -0.2) is 12.6 Å². The lowest BCUT2D eigenvalue weighted by atomic mass is 9.84. The van der Waals surface area contributed by atoms with E-state index in [-0.39, 0.29) is 0 Å². The molecule has 3 atom stereocenters. The Morgan fingerprint density at radius 3 is 2.30 bits per heavy atom. The third kappa shape index (κ3) is 3.44. The maximum Gasteiger partial charge on any atom is 0.0138 e. The van der Waals surface area contributed by atoms with Crippen LogP contribution in [0.25, 0.3) is 0 Å². The molecule has 0 bridgehead atoms. The van der Waals surface area contributed by atoms with E-state index in [1.165, 1.54) is 42.4 Å². The number of hydrogen-bond acceptors (Lipinski definition) is 1. The van der Waals surface area contributed by atoms with Gasteiger partial charge < -0.3 is 5.32 Å². The molecule has 0 spiro atoms. The molecule has 0 heterocycles. The molecule has 20 heavy (non-hydrogen) atoms. The van der Waals surface area contributed by atoms with Gasteiger partial charge >= 0.3 is 0 Å². The van der Waals surface area contributed by atoms with Gasteiger partial charge in [-0.1, -0.05) is 44.4 Å². The smallest absolute Gasteiger partial charge is 0.0138 e. The van der Waals surface area contributed by atoms with Crippen molar-refractivity contribution in [2.75, 3.05) is 6.54 Å². The molecule has 1 fully saturated rings. The van der Waals surface area contributed by atoms with Crippen molar-refractivity contribution >= 4 is 0 Å². The monoisotopic (exact) mass is 273 g/mol. The van der Waals surface area contributed by atoms with Crippen LogP contribution in [0.15, 0.2) is 12.1 Å². The molecule has 1 saturated carbocycles. The van der Waals surface area contributed by atoms with Crippen molar-refractivity contribution < 1.29 is 0 Å². The lowest BCUT2D eigenvalue weighted by Gasteiger charge is -2.29. The van der Waals surface area contributed by atoms with Gasteiger partial charge in [-0.15, -0.1) is 0 Å². The van der Waals surface area contributed by atoms with Crippen molar-refractivity contribution in [3.05, 3.63) is 34.4 Å². The van der Waals surface area contributed by atoms with E-state index in [0.717, 1.165) is 18.4 Å². The molecular formula is C19H31N. The minimum atomic E-state index is 0.651. The Balaban J connectivity index is 2.20. The number of aryl methyl sites for hydroxylation is 3. The van der Waals surface area contributed by atoms with E-state index in [4.69, 9.17) is 0 Å². The summed E-state index contributed by atoms with van der Waals surface area (Å²) in [7, 11) is 0. The summed E-state index contributed by atoms with van der Waals surface area (Å²) in [5.74, 6) is 1.74. The zero-order chi connectivity index (χ0) is 14.7. The highest BCUT2D eigenvalue weighted by atomic mass is 14.9. The maximum atomic E-state index is 3.77. The van der Waals surface area contributed by atoms with E-state index in [0.29, 0.717) is 6.04 Å². The van der Waals surface area contributed by atoms with Crippen LogP contribution in [-0.2, 0) is 6.42 Å². The normalized spacial score (nSPS) is 24.1. The molecule has 0 saturated heterocycles. The fraction of sp³-hybridized carbons (Fsp3) is 0.684. The van der Waals surface area contributed by atoms with Crippen LogP contribution >= 0.6 is 0 Å². The van der Waals surface area contributed by atoms with Crippen LogP contribution in [0, 0.1) is 32.6 Å². The third-order valence-electron chi connectivity index (χ3n) is 5.18. The molecule has 1 nitrogen and oxygen atoms in total. The van der Waals surface area contributed by atoms with Gasteiger partial charge in [-0.2, -0.15) is 0 Å². The number of nitrogens with one attached hydrogen (secondary N) is 1. The van der Waals surface area contributed by atoms with Crippen LogP contribution in [0.1, 0.15) is 55.4 Å². The van der Waals surface area contributed by atoms with Gasteiger partial charge in [-0.3, -0.25) is 0 Å². The Bertz CT molecular complexity index is 426. The van der Waals surface area contributed by atoms with Crippen molar-refractivity contribution in [3.63, 3.8) is 0 Å². The summed E-state index contributed by atoms with van der Waals surface area (Å²) in [6.07, 6.45) is 5.43. The Labute approximate surface area is 125 Å². The van der Waals surface area contributed by atoms with Crippen LogP contribution in [0.3, 0.4) is 0 Å². The highest BCUT2D eigenvalue weighted by Crippen LogP contribution is 2.35. The highest BCUT2D eigenvalue weighted by molar-refractivity contribution is 5.38. The molecule has 1 aromatic carbocycles. The first kappa shape index (κ1) is 15.6. The Hall–Kier alpha value is -0.820. The Morgan fingerprint density at radius 2 is 1.80 bits per heavy atom. The summed E-state index contributed by atoms with van der Waals surface area (Å²) in [5, 5.41) is 3.77. The van der Waals surface area contributed by atoms with Gasteiger partial charge in [0.25, 0.3) is 0 Å². The summed E-state index contributed by atoms with van der Waals surface area (Å²) >= 11 is 0. The fourth-order valence-corrected chi connectivity index (χ4v) is 4.16. The van der Waals surface area contributed by atoms with E-state index >= 15 is 0 Å². The molecule has 0 radical (unpaired) electrons. The summed E-state index contributed by atoms with van der Waals surface area (Å²) < 4.78 is 0. The van der Waals surface area contributed by atoms with Gasteiger partial charge in [-0.05, 0) is 68.7 Å². The number of likely N-dealkylation sites (N-methyl/N-ethyl adjacent to an activating group) is 1. The number of hydrogen-bond donors (Lipinski definition) is 1. The van der Waals surface area contributed by atoms with Crippen LogP contribution in [0.2, 0.25) is 0 Å². The van der Waals surface area contributed by atoms with E-state index in [1.807, 2.05) is 0 Å². The van der Waals surface area contributed by atoms with Crippen molar-refractivity contribution in [2.45, 2.75) is 66.3 Å². The lowest BCUT2D eigenvalue weighted by Crippen LogP contribution is -2.39. The van der Waals surface area contributed by atoms with E-state index in [2.05, 4.69) is 52.1 Å². The summed E-state index contributed by atoms with van der Waals surface area (Å²) in [4.78, 5) is 0. The predicted octanol–water partition coefficient (Wildman–Crippen LogP) is 4.57. The average Bonchev–Trinajstić information content (AvgIpc) is 2.78. The molecule has 1 heteroatoms. The quantitative estimate of drug-likeness (QED) is 0.828. The average molecular weight is 273 g/mol. The largest absolute Gasteiger partial charge is 0.314 e. The van der Waals surface area contributed by atoms with Crippen LogP contribution < -0.4 is 5.32 Å². The minimum Gasteiger partial charge on any atom is -0.314 e. The molecule has 0 aromatic heterocycles. The first-order valence-corrected chi connectivity index (χ1v) is 8.33. The summed E-state index contributed by atoms with van der Waals surface area (Å²) in [6, 6.07) is 5.32. The molecular weight excluding hydrogens is 242 g/mol. The fourth-order valence-electron chi connectivity index (χ4n) is 4.16. The predicted molar refractivity (Wildman–Crippen MR) is 88.3 cm³/mol. The molecule has 112 valence electrons. The van der Waals surface area contributed by atoms with E-state index in [9.17, 15) is 0 Å². The molecule has 2 rings (SSSR count). The van der Waals surface area contributed by atoms with E-state index in [1.54, 1.807) is 5.56 Å². The zero-order valence-corrected chi connectivity index (χ0v) is 13.9. The van der Waals surface area contributed by atoms with Crippen molar-refractivity contribution in [1.29, 1.82) is 0 Å². The van der Waals surface area contributed by atoms with Crippen molar-refractivity contribution in [2.24, 2.45) is 11.8 Å². The molecule has 1 N–H and O–H groups in total. The minimum absolute atomic E-state index is 0.651. The van der Waals surface area contributed by atoms with Gasteiger partial charge in [0.1, 0.15) is 0 Å². The molecule has 0 aliphatic heterocycles. The van der Waals surface area contributed by atoms with Crippen LogP contribution in [0.5, 0.6) is 0 Å². The lowest BCUT2D eigenvalue weighted by molar-refractivity contribution is 0.298. The molecule has 0 amide bonds. The summed E-state index contributed by atoms with van der Waals surface area (Å²) in [6.45, 7) is 12.5. The standard InChI is InChI=1S/C19H31N/c1-6-20-19(17-9-7-8-14(17)3)12-18-15(4)10-13(2)11-16(18)5/h10-11,14,17,19-20H,6-9,12H2,1-5H3. The zero-order valence-electron chi connectivity index (χ0n) is 13.9. The van der Waals surface area contributed by atoms with Gasteiger partial charge in [-0.25, -0.2) is 0 Å². The van der Waals surface area contributed by atoms with Gasteiger partial charge in [0.2, 0.25) is 0 Å². The maximum absolute atomic E-state index is 3.77. The van der Waals surface area contributed by atoms with Gasteiger partial charge in [0, 0.05) is 6.04 Å². The Kier molecular flexibility index (Phi) is 5.26. The van der Waals surface area contributed by atoms with Crippen LogP contribution in [0.4, 0.5) is 0 Å². The number of benzene rings is 1. The SMILES string of the molecule is CCNC(Cc1c(C)cc(C)cc1C)C1CCCC1C.